The molecule has 0 amide bonds. The molecule has 1 aromatic rings. The SMILES string of the molecule is CCOCCCCNC(=NC)NCCn1cccc1.I. The van der Waals surface area contributed by atoms with Gasteiger partial charge in [-0.3, -0.25) is 4.99 Å². The van der Waals surface area contributed by atoms with Crippen LogP contribution in [0, 0.1) is 0 Å². The Hall–Kier alpha value is -0.760. The zero-order valence-corrected chi connectivity index (χ0v) is 14.8. The van der Waals surface area contributed by atoms with E-state index in [0.29, 0.717) is 0 Å². The third-order valence-electron chi connectivity index (χ3n) is 2.76. The van der Waals surface area contributed by atoms with Crippen LogP contribution >= 0.6 is 24.0 Å². The van der Waals surface area contributed by atoms with Gasteiger partial charge in [0.25, 0.3) is 0 Å². The lowest BCUT2D eigenvalue weighted by molar-refractivity contribution is 0.143. The van der Waals surface area contributed by atoms with Gasteiger partial charge in [-0.25, -0.2) is 0 Å². The number of aromatic nitrogens is 1. The largest absolute Gasteiger partial charge is 0.382 e. The van der Waals surface area contributed by atoms with Crippen LogP contribution in [0.15, 0.2) is 29.5 Å². The molecule has 5 nitrogen and oxygen atoms in total. The number of guanidine groups is 1. The molecule has 0 spiro atoms. The fourth-order valence-electron chi connectivity index (χ4n) is 1.72. The summed E-state index contributed by atoms with van der Waals surface area (Å²) in [6.45, 7) is 6.41. The van der Waals surface area contributed by atoms with Gasteiger partial charge in [-0.2, -0.15) is 0 Å². The van der Waals surface area contributed by atoms with E-state index in [9.17, 15) is 0 Å². The van der Waals surface area contributed by atoms with Crippen molar-refractivity contribution < 1.29 is 4.74 Å². The average Bonchev–Trinajstić information content (AvgIpc) is 2.93. The fraction of sp³-hybridized carbons (Fsp3) is 0.643. The fourth-order valence-corrected chi connectivity index (χ4v) is 1.72. The molecule has 0 saturated carbocycles. The molecule has 1 aromatic heterocycles. The first-order valence-corrected chi connectivity index (χ1v) is 7.00. The molecule has 0 aliphatic carbocycles. The molecule has 1 heterocycles. The lowest BCUT2D eigenvalue weighted by Crippen LogP contribution is -2.39. The highest BCUT2D eigenvalue weighted by molar-refractivity contribution is 14.0. The Kier molecular flexibility index (Phi) is 12.7. The first-order chi connectivity index (χ1) is 9.36. The van der Waals surface area contributed by atoms with E-state index in [-0.39, 0.29) is 24.0 Å². The number of ether oxygens (including phenoxy) is 1. The van der Waals surface area contributed by atoms with E-state index in [4.69, 9.17) is 4.74 Å². The molecule has 0 fully saturated rings. The number of halogens is 1. The van der Waals surface area contributed by atoms with Gasteiger partial charge in [-0.15, -0.1) is 24.0 Å². The van der Waals surface area contributed by atoms with Crippen LogP contribution in [-0.2, 0) is 11.3 Å². The molecule has 116 valence electrons. The van der Waals surface area contributed by atoms with Crippen molar-refractivity contribution in [3.05, 3.63) is 24.5 Å². The summed E-state index contributed by atoms with van der Waals surface area (Å²) in [6, 6.07) is 4.07. The summed E-state index contributed by atoms with van der Waals surface area (Å²) in [7, 11) is 1.80. The summed E-state index contributed by atoms with van der Waals surface area (Å²) in [6.07, 6.45) is 6.30. The lowest BCUT2D eigenvalue weighted by atomic mass is 10.3. The summed E-state index contributed by atoms with van der Waals surface area (Å²) < 4.78 is 7.44. The smallest absolute Gasteiger partial charge is 0.191 e. The highest BCUT2D eigenvalue weighted by Gasteiger charge is 1.96. The quantitative estimate of drug-likeness (QED) is 0.292. The van der Waals surface area contributed by atoms with Crippen molar-refractivity contribution in [2.45, 2.75) is 26.3 Å². The number of unbranched alkanes of at least 4 members (excludes halogenated alkanes) is 1. The van der Waals surface area contributed by atoms with E-state index in [1.54, 1.807) is 7.05 Å². The first kappa shape index (κ1) is 19.2. The average molecular weight is 394 g/mol. The summed E-state index contributed by atoms with van der Waals surface area (Å²) >= 11 is 0. The van der Waals surface area contributed by atoms with E-state index in [2.05, 4.69) is 32.6 Å². The predicted octanol–water partition coefficient (Wildman–Crippen LogP) is 2.09. The number of rotatable bonds is 9. The number of nitrogens with one attached hydrogen (secondary N) is 2. The van der Waals surface area contributed by atoms with Crippen LogP contribution < -0.4 is 10.6 Å². The van der Waals surface area contributed by atoms with Gasteiger partial charge >= 0.3 is 0 Å². The van der Waals surface area contributed by atoms with Crippen molar-refractivity contribution in [2.24, 2.45) is 4.99 Å². The van der Waals surface area contributed by atoms with Gasteiger partial charge < -0.3 is 19.9 Å². The zero-order chi connectivity index (χ0) is 13.8. The Morgan fingerprint density at radius 2 is 1.85 bits per heavy atom. The Bertz CT molecular complexity index is 341. The van der Waals surface area contributed by atoms with Crippen LogP contribution in [0.3, 0.4) is 0 Å². The normalized spacial score (nSPS) is 11.0. The number of hydrogen-bond donors (Lipinski definition) is 2. The number of nitrogens with zero attached hydrogens (tertiary/aromatic N) is 2. The molecule has 0 atom stereocenters. The highest BCUT2D eigenvalue weighted by atomic mass is 127. The summed E-state index contributed by atoms with van der Waals surface area (Å²) in [5, 5.41) is 6.60. The Balaban J connectivity index is 0.00000361. The van der Waals surface area contributed by atoms with Gasteiger partial charge in [0.2, 0.25) is 0 Å². The van der Waals surface area contributed by atoms with Crippen LogP contribution in [-0.4, -0.2) is 43.9 Å². The molecular formula is C14H27IN4O. The van der Waals surface area contributed by atoms with E-state index < -0.39 is 0 Å². The minimum atomic E-state index is 0. The minimum absolute atomic E-state index is 0. The summed E-state index contributed by atoms with van der Waals surface area (Å²) in [5.74, 6) is 0.864. The van der Waals surface area contributed by atoms with Gasteiger partial charge in [0.15, 0.2) is 5.96 Å². The van der Waals surface area contributed by atoms with Crippen molar-refractivity contribution in [1.29, 1.82) is 0 Å². The Morgan fingerprint density at radius 1 is 1.15 bits per heavy atom. The van der Waals surface area contributed by atoms with Crippen molar-refractivity contribution in [3.8, 4) is 0 Å². The molecule has 0 saturated heterocycles. The van der Waals surface area contributed by atoms with Crippen molar-refractivity contribution >= 4 is 29.9 Å². The van der Waals surface area contributed by atoms with Crippen LogP contribution in [0.1, 0.15) is 19.8 Å². The molecule has 0 aliphatic heterocycles. The Labute approximate surface area is 139 Å². The number of hydrogen-bond acceptors (Lipinski definition) is 2. The van der Waals surface area contributed by atoms with Crippen LogP contribution in [0.5, 0.6) is 0 Å². The van der Waals surface area contributed by atoms with Gasteiger partial charge in [-0.05, 0) is 31.9 Å². The van der Waals surface area contributed by atoms with E-state index in [0.717, 1.165) is 51.6 Å². The molecule has 2 N–H and O–H groups in total. The molecule has 6 heteroatoms. The van der Waals surface area contributed by atoms with Crippen LogP contribution in [0.2, 0.25) is 0 Å². The second-order valence-electron chi connectivity index (χ2n) is 4.25. The highest BCUT2D eigenvalue weighted by Crippen LogP contribution is 1.89. The van der Waals surface area contributed by atoms with Gasteiger partial charge in [0.05, 0.1) is 0 Å². The molecular weight excluding hydrogens is 367 g/mol. The number of aliphatic imine (C=N–C) groups is 1. The molecule has 0 unspecified atom stereocenters. The van der Waals surface area contributed by atoms with Crippen molar-refractivity contribution in [2.75, 3.05) is 33.4 Å². The molecule has 0 bridgehead atoms. The maximum Gasteiger partial charge on any atom is 0.191 e. The monoisotopic (exact) mass is 394 g/mol. The second kappa shape index (κ2) is 13.2. The Morgan fingerprint density at radius 3 is 2.50 bits per heavy atom. The van der Waals surface area contributed by atoms with E-state index in [1.807, 2.05) is 19.1 Å². The molecule has 0 radical (unpaired) electrons. The van der Waals surface area contributed by atoms with Gasteiger partial charge in [0, 0.05) is 52.3 Å². The second-order valence-corrected chi connectivity index (χ2v) is 4.25. The van der Waals surface area contributed by atoms with Gasteiger partial charge in [0.1, 0.15) is 0 Å². The standard InChI is InChI=1S/C14H26N4O.HI/c1-3-19-13-7-4-8-16-14(15-2)17-9-12-18-10-5-6-11-18;/h5-6,10-11H,3-4,7-9,12-13H2,1-2H3,(H2,15,16,17);1H. The zero-order valence-electron chi connectivity index (χ0n) is 12.5. The molecule has 0 aliphatic rings. The summed E-state index contributed by atoms with van der Waals surface area (Å²) in [4.78, 5) is 4.19. The first-order valence-electron chi connectivity index (χ1n) is 7.00. The van der Waals surface area contributed by atoms with Crippen molar-refractivity contribution in [3.63, 3.8) is 0 Å². The summed E-state index contributed by atoms with van der Waals surface area (Å²) in [5.41, 5.74) is 0. The third-order valence-corrected chi connectivity index (χ3v) is 2.76. The molecule has 20 heavy (non-hydrogen) atoms. The minimum Gasteiger partial charge on any atom is -0.382 e. The van der Waals surface area contributed by atoms with Crippen molar-refractivity contribution in [1.82, 2.24) is 15.2 Å². The maximum absolute atomic E-state index is 5.30. The van der Waals surface area contributed by atoms with E-state index >= 15 is 0 Å². The predicted molar refractivity (Wildman–Crippen MR) is 94.9 cm³/mol. The molecule has 0 aromatic carbocycles. The van der Waals surface area contributed by atoms with Gasteiger partial charge in [-0.1, -0.05) is 0 Å². The third kappa shape index (κ3) is 9.19. The van der Waals surface area contributed by atoms with Crippen LogP contribution in [0.25, 0.3) is 0 Å². The topological polar surface area (TPSA) is 50.6 Å². The maximum atomic E-state index is 5.30. The van der Waals surface area contributed by atoms with E-state index in [1.165, 1.54) is 0 Å². The molecule has 1 rings (SSSR count). The van der Waals surface area contributed by atoms with Crippen LogP contribution in [0.4, 0.5) is 0 Å². The lowest BCUT2D eigenvalue weighted by Gasteiger charge is -2.12.